The van der Waals surface area contributed by atoms with Crippen molar-refractivity contribution in [2.45, 2.75) is 45.6 Å². The molecule has 1 aliphatic carbocycles. The number of para-hydroxylation sites is 1. The van der Waals surface area contributed by atoms with E-state index in [2.05, 4.69) is 10.3 Å². The zero-order valence-electron chi connectivity index (χ0n) is 14.3. The third-order valence-electron chi connectivity index (χ3n) is 4.41. The minimum Gasteiger partial charge on any atom is -0.368 e. The molecule has 1 saturated carbocycles. The Balaban J connectivity index is 1.99. The third kappa shape index (κ3) is 3.25. The van der Waals surface area contributed by atoms with Crippen LogP contribution in [0, 0.1) is 5.41 Å². The number of nitrogens with two attached hydrogens (primary N) is 1. The van der Waals surface area contributed by atoms with E-state index >= 15 is 0 Å². The number of primary amides is 1. The number of fused-ring (bicyclic) bond motifs is 1. The molecule has 1 aliphatic rings. The van der Waals surface area contributed by atoms with Crippen LogP contribution in [-0.4, -0.2) is 22.8 Å². The number of hydrogen-bond donors (Lipinski definition) is 2. The zero-order valence-corrected chi connectivity index (χ0v) is 14.3. The van der Waals surface area contributed by atoms with E-state index in [1.54, 1.807) is 0 Å². The summed E-state index contributed by atoms with van der Waals surface area (Å²) in [6.07, 6.45) is 2.14. The number of carbonyl (C=O) groups is 2. The van der Waals surface area contributed by atoms with Crippen molar-refractivity contribution in [3.05, 3.63) is 41.6 Å². The second-order valence-corrected chi connectivity index (χ2v) is 7.57. The monoisotopic (exact) mass is 325 g/mol. The minimum absolute atomic E-state index is 0.332. The molecule has 2 amide bonds. The van der Waals surface area contributed by atoms with Crippen molar-refractivity contribution >= 4 is 22.7 Å². The van der Waals surface area contributed by atoms with E-state index in [4.69, 9.17) is 5.73 Å². The lowest BCUT2D eigenvalue weighted by Crippen LogP contribution is -2.52. The summed E-state index contributed by atoms with van der Waals surface area (Å²) < 4.78 is 0. The van der Waals surface area contributed by atoms with Crippen molar-refractivity contribution in [2.24, 2.45) is 11.1 Å². The zero-order chi connectivity index (χ0) is 17.5. The molecule has 2 aromatic rings. The Bertz CT molecular complexity index is 804. The van der Waals surface area contributed by atoms with Crippen LogP contribution in [0.2, 0.25) is 0 Å². The summed E-state index contributed by atoms with van der Waals surface area (Å²) in [6.45, 7) is 5.62. The van der Waals surface area contributed by atoms with Crippen LogP contribution in [-0.2, 0) is 4.79 Å². The molecule has 1 heterocycles. The summed E-state index contributed by atoms with van der Waals surface area (Å²) in [7, 11) is 0. The van der Waals surface area contributed by atoms with E-state index in [1.165, 1.54) is 0 Å². The lowest BCUT2D eigenvalue weighted by atomic mass is 9.86. The quantitative estimate of drug-likeness (QED) is 0.906. The first-order valence-electron chi connectivity index (χ1n) is 8.27. The van der Waals surface area contributed by atoms with E-state index in [9.17, 15) is 9.59 Å². The van der Waals surface area contributed by atoms with Crippen molar-refractivity contribution in [3.63, 3.8) is 0 Å². The first-order chi connectivity index (χ1) is 11.3. The molecular weight excluding hydrogens is 302 g/mol. The van der Waals surface area contributed by atoms with Gasteiger partial charge in [0, 0.05) is 5.39 Å². The Kier molecular flexibility index (Phi) is 4.03. The van der Waals surface area contributed by atoms with Gasteiger partial charge in [0.1, 0.15) is 11.7 Å². The van der Waals surface area contributed by atoms with Crippen LogP contribution in [0.15, 0.2) is 30.3 Å². The standard InChI is InChI=1S/C19H23N3O2/c1-19(2,3)16(17(20)23)22-18(24)15-13(11-8-9-11)10-12-6-4-5-7-14(12)21-15/h4-7,10-11,16H,8-9H2,1-3H3,(H2,20,23)(H,22,24)/t16-/m1/s1. The van der Waals surface area contributed by atoms with E-state index in [-0.39, 0.29) is 5.91 Å². The second-order valence-electron chi connectivity index (χ2n) is 7.57. The molecule has 24 heavy (non-hydrogen) atoms. The van der Waals surface area contributed by atoms with Crippen LogP contribution in [0.5, 0.6) is 0 Å². The topological polar surface area (TPSA) is 85.1 Å². The van der Waals surface area contributed by atoms with Crippen LogP contribution >= 0.6 is 0 Å². The first-order valence-corrected chi connectivity index (χ1v) is 8.27. The molecule has 3 rings (SSSR count). The highest BCUT2D eigenvalue weighted by atomic mass is 16.2. The van der Waals surface area contributed by atoms with Crippen LogP contribution in [0.4, 0.5) is 0 Å². The Labute approximate surface area is 141 Å². The Morgan fingerprint density at radius 2 is 1.92 bits per heavy atom. The molecule has 5 heteroatoms. The summed E-state index contributed by atoms with van der Waals surface area (Å²) >= 11 is 0. The number of rotatable bonds is 4. The van der Waals surface area contributed by atoms with Gasteiger partial charge in [-0.3, -0.25) is 9.59 Å². The van der Waals surface area contributed by atoms with Crippen LogP contribution in [0.1, 0.15) is 55.6 Å². The number of nitrogens with one attached hydrogen (secondary N) is 1. The molecular formula is C19H23N3O2. The van der Waals surface area contributed by atoms with Crippen molar-refractivity contribution in [2.75, 3.05) is 0 Å². The molecule has 0 saturated heterocycles. The van der Waals surface area contributed by atoms with Crippen LogP contribution in [0.25, 0.3) is 10.9 Å². The Morgan fingerprint density at radius 1 is 1.25 bits per heavy atom. The van der Waals surface area contributed by atoms with Gasteiger partial charge in [-0.05, 0) is 41.9 Å². The van der Waals surface area contributed by atoms with Gasteiger partial charge in [0.2, 0.25) is 5.91 Å². The minimum atomic E-state index is -0.745. The maximum Gasteiger partial charge on any atom is 0.270 e. The molecule has 1 aromatic carbocycles. The summed E-state index contributed by atoms with van der Waals surface area (Å²) in [4.78, 5) is 29.1. The van der Waals surface area contributed by atoms with Gasteiger partial charge in [-0.15, -0.1) is 0 Å². The predicted molar refractivity (Wildman–Crippen MR) is 93.6 cm³/mol. The van der Waals surface area contributed by atoms with Crippen LogP contribution in [0.3, 0.4) is 0 Å². The number of nitrogens with zero attached hydrogens (tertiary/aromatic N) is 1. The molecule has 1 fully saturated rings. The molecule has 1 aromatic heterocycles. The average molecular weight is 325 g/mol. The fraction of sp³-hybridized carbons (Fsp3) is 0.421. The second kappa shape index (κ2) is 5.89. The normalized spacial score (nSPS) is 16.0. The van der Waals surface area contributed by atoms with E-state index in [1.807, 2.05) is 51.1 Å². The van der Waals surface area contributed by atoms with E-state index in [0.717, 1.165) is 29.3 Å². The van der Waals surface area contributed by atoms with Crippen molar-refractivity contribution in [3.8, 4) is 0 Å². The lowest BCUT2D eigenvalue weighted by molar-refractivity contribution is -0.122. The van der Waals surface area contributed by atoms with Gasteiger partial charge in [0.05, 0.1) is 5.52 Å². The molecule has 0 unspecified atom stereocenters. The molecule has 0 spiro atoms. The number of carbonyl (C=O) groups excluding carboxylic acids is 2. The Hall–Kier alpha value is -2.43. The highest BCUT2D eigenvalue weighted by molar-refractivity contribution is 5.99. The SMILES string of the molecule is CC(C)(C)[C@H](NC(=O)c1nc2ccccc2cc1C1CC1)C(N)=O. The van der Waals surface area contributed by atoms with Gasteiger partial charge in [0.15, 0.2) is 0 Å². The summed E-state index contributed by atoms with van der Waals surface area (Å²) in [5, 5.41) is 3.81. The predicted octanol–water partition coefficient (Wildman–Crippen LogP) is 2.74. The number of pyridine rings is 1. The van der Waals surface area contributed by atoms with Crippen molar-refractivity contribution in [1.29, 1.82) is 0 Å². The van der Waals surface area contributed by atoms with Gasteiger partial charge in [-0.2, -0.15) is 0 Å². The molecule has 1 atom stereocenters. The lowest BCUT2D eigenvalue weighted by Gasteiger charge is -2.28. The number of hydrogen-bond acceptors (Lipinski definition) is 3. The average Bonchev–Trinajstić information content (AvgIpc) is 3.34. The highest BCUT2D eigenvalue weighted by Crippen LogP contribution is 2.42. The van der Waals surface area contributed by atoms with E-state index < -0.39 is 17.4 Å². The number of aromatic nitrogens is 1. The smallest absolute Gasteiger partial charge is 0.270 e. The fourth-order valence-corrected chi connectivity index (χ4v) is 2.93. The van der Waals surface area contributed by atoms with Gasteiger partial charge >= 0.3 is 0 Å². The third-order valence-corrected chi connectivity index (χ3v) is 4.41. The largest absolute Gasteiger partial charge is 0.368 e. The van der Waals surface area contributed by atoms with Gasteiger partial charge in [0.25, 0.3) is 5.91 Å². The van der Waals surface area contributed by atoms with Crippen molar-refractivity contribution < 1.29 is 9.59 Å². The summed E-state index contributed by atoms with van der Waals surface area (Å²) in [5.74, 6) is -0.490. The summed E-state index contributed by atoms with van der Waals surface area (Å²) in [6, 6.07) is 9.05. The van der Waals surface area contributed by atoms with Crippen LogP contribution < -0.4 is 11.1 Å². The molecule has 5 nitrogen and oxygen atoms in total. The molecule has 0 aliphatic heterocycles. The van der Waals surface area contributed by atoms with Crippen molar-refractivity contribution in [1.82, 2.24) is 10.3 Å². The fourth-order valence-electron chi connectivity index (χ4n) is 2.93. The molecule has 0 bridgehead atoms. The molecule has 3 N–H and O–H groups in total. The van der Waals surface area contributed by atoms with Gasteiger partial charge < -0.3 is 11.1 Å². The van der Waals surface area contributed by atoms with Gasteiger partial charge in [-0.25, -0.2) is 4.98 Å². The number of amides is 2. The Morgan fingerprint density at radius 3 is 2.50 bits per heavy atom. The maximum atomic E-state index is 12.8. The maximum absolute atomic E-state index is 12.8. The van der Waals surface area contributed by atoms with Gasteiger partial charge in [-0.1, -0.05) is 39.0 Å². The highest BCUT2D eigenvalue weighted by Gasteiger charge is 2.34. The molecule has 0 radical (unpaired) electrons. The number of benzene rings is 1. The first kappa shape index (κ1) is 16.4. The van der Waals surface area contributed by atoms with E-state index in [0.29, 0.717) is 11.6 Å². The molecule has 126 valence electrons. The summed E-state index contributed by atoms with van der Waals surface area (Å²) in [5.41, 5.74) is 7.16.